The summed E-state index contributed by atoms with van der Waals surface area (Å²) in [6.45, 7) is 1.66. The molecule has 5 nitrogen and oxygen atoms in total. The Kier molecular flexibility index (Phi) is 5.78. The quantitative estimate of drug-likeness (QED) is 0.642. The van der Waals surface area contributed by atoms with Crippen molar-refractivity contribution >= 4 is 38.9 Å². The summed E-state index contributed by atoms with van der Waals surface area (Å²) in [4.78, 5) is 26.8. The number of carbonyl (C=O) groups is 2. The van der Waals surface area contributed by atoms with E-state index in [-0.39, 0.29) is 18.2 Å². The van der Waals surface area contributed by atoms with E-state index in [9.17, 15) is 22.8 Å². The number of fused-ring (bicyclic) bond motifs is 1. The fourth-order valence-corrected chi connectivity index (χ4v) is 3.98. The molecule has 29 heavy (non-hydrogen) atoms. The van der Waals surface area contributed by atoms with Crippen LogP contribution in [0.15, 0.2) is 48.5 Å². The van der Waals surface area contributed by atoms with E-state index in [1.54, 1.807) is 0 Å². The molecule has 0 unspecified atom stereocenters. The second-order valence-electron chi connectivity index (χ2n) is 6.33. The summed E-state index contributed by atoms with van der Waals surface area (Å²) in [7, 11) is 1.52. The van der Waals surface area contributed by atoms with Crippen LogP contribution in [0.3, 0.4) is 0 Å². The standard InChI is InChI=1S/C20H17F3N2O3S/c1-12-15-5-3-4-6-16(15)29-18(12)19(27)25(2)11-17(26)24-13-7-9-14(10-8-13)28-20(21,22)23/h3-10H,11H2,1-2H3,(H,24,26). The SMILES string of the molecule is Cc1c(C(=O)N(C)CC(=O)Nc2ccc(OC(F)(F)F)cc2)sc2ccccc12. The number of nitrogens with one attached hydrogen (secondary N) is 1. The fraction of sp³-hybridized carbons (Fsp3) is 0.200. The zero-order valence-corrected chi connectivity index (χ0v) is 16.4. The minimum Gasteiger partial charge on any atom is -0.406 e. The fourth-order valence-electron chi connectivity index (χ4n) is 2.78. The molecule has 3 rings (SSSR count). The van der Waals surface area contributed by atoms with Crippen molar-refractivity contribution in [1.82, 2.24) is 4.90 Å². The van der Waals surface area contributed by atoms with Crippen LogP contribution in [0.1, 0.15) is 15.2 Å². The van der Waals surface area contributed by atoms with Gasteiger partial charge in [-0.25, -0.2) is 0 Å². The van der Waals surface area contributed by atoms with Gasteiger partial charge in [-0.2, -0.15) is 0 Å². The normalized spacial score (nSPS) is 11.3. The van der Waals surface area contributed by atoms with E-state index in [2.05, 4.69) is 10.1 Å². The van der Waals surface area contributed by atoms with Gasteiger partial charge in [0.1, 0.15) is 5.75 Å². The van der Waals surface area contributed by atoms with Crippen LogP contribution in [-0.2, 0) is 4.79 Å². The highest BCUT2D eigenvalue weighted by Gasteiger charge is 2.31. The average Bonchev–Trinajstić information content (AvgIpc) is 2.98. The van der Waals surface area contributed by atoms with Crippen molar-refractivity contribution in [3.8, 4) is 5.75 Å². The molecule has 0 fully saturated rings. The number of carbonyl (C=O) groups excluding carboxylic acids is 2. The molecule has 0 saturated carbocycles. The molecule has 2 amide bonds. The molecule has 0 radical (unpaired) electrons. The Labute approximate surface area is 168 Å². The summed E-state index contributed by atoms with van der Waals surface area (Å²) < 4.78 is 41.3. The zero-order valence-electron chi connectivity index (χ0n) is 15.5. The van der Waals surface area contributed by atoms with Gasteiger partial charge in [-0.05, 0) is 48.2 Å². The van der Waals surface area contributed by atoms with Gasteiger partial charge in [0.05, 0.1) is 11.4 Å². The third-order valence-electron chi connectivity index (χ3n) is 4.14. The van der Waals surface area contributed by atoms with E-state index in [1.807, 2.05) is 31.2 Å². The number of nitrogens with zero attached hydrogens (tertiary/aromatic N) is 1. The van der Waals surface area contributed by atoms with Crippen molar-refractivity contribution in [3.05, 3.63) is 59.0 Å². The number of rotatable bonds is 5. The van der Waals surface area contributed by atoms with Crippen molar-refractivity contribution in [2.45, 2.75) is 13.3 Å². The summed E-state index contributed by atoms with van der Waals surface area (Å²) >= 11 is 1.37. The molecule has 0 aliphatic carbocycles. The summed E-state index contributed by atoms with van der Waals surface area (Å²) in [5, 5.41) is 3.54. The van der Waals surface area contributed by atoms with Crippen LogP contribution in [0.5, 0.6) is 5.75 Å². The van der Waals surface area contributed by atoms with E-state index in [1.165, 1.54) is 35.4 Å². The number of hydrogen-bond acceptors (Lipinski definition) is 4. The largest absolute Gasteiger partial charge is 0.573 e. The maximum atomic E-state index is 12.7. The summed E-state index contributed by atoms with van der Waals surface area (Å²) in [5.74, 6) is -1.13. The number of alkyl halides is 3. The van der Waals surface area contributed by atoms with E-state index in [4.69, 9.17) is 0 Å². The van der Waals surface area contributed by atoms with Gasteiger partial charge in [0.2, 0.25) is 5.91 Å². The van der Waals surface area contributed by atoms with Crippen LogP contribution in [0.4, 0.5) is 18.9 Å². The number of aryl methyl sites for hydroxylation is 1. The number of anilines is 1. The Bertz CT molecular complexity index is 1050. The lowest BCUT2D eigenvalue weighted by atomic mass is 10.1. The maximum absolute atomic E-state index is 12.7. The van der Waals surface area contributed by atoms with Gasteiger partial charge in [0.25, 0.3) is 5.91 Å². The van der Waals surface area contributed by atoms with Crippen molar-refractivity contribution in [1.29, 1.82) is 0 Å². The third-order valence-corrected chi connectivity index (χ3v) is 5.40. The second-order valence-corrected chi connectivity index (χ2v) is 7.39. The van der Waals surface area contributed by atoms with E-state index < -0.39 is 12.3 Å². The molecule has 1 aromatic heterocycles. The zero-order chi connectivity index (χ0) is 21.2. The average molecular weight is 422 g/mol. The van der Waals surface area contributed by atoms with Gasteiger partial charge < -0.3 is 15.0 Å². The van der Waals surface area contributed by atoms with Gasteiger partial charge in [-0.1, -0.05) is 18.2 Å². The Balaban J connectivity index is 1.62. The molecular formula is C20H17F3N2O3S. The molecule has 3 aromatic rings. The van der Waals surface area contributed by atoms with Crippen LogP contribution in [-0.4, -0.2) is 36.7 Å². The lowest BCUT2D eigenvalue weighted by Gasteiger charge is -2.16. The van der Waals surface area contributed by atoms with Gasteiger partial charge in [-0.3, -0.25) is 9.59 Å². The number of benzene rings is 2. The number of likely N-dealkylation sites (N-methyl/N-ethyl adjacent to an activating group) is 1. The molecule has 2 aromatic carbocycles. The summed E-state index contributed by atoms with van der Waals surface area (Å²) in [6.07, 6.45) is -4.78. The minimum atomic E-state index is -4.78. The first-order valence-electron chi connectivity index (χ1n) is 8.53. The lowest BCUT2D eigenvalue weighted by Crippen LogP contribution is -2.34. The van der Waals surface area contributed by atoms with Crippen LogP contribution < -0.4 is 10.1 Å². The van der Waals surface area contributed by atoms with E-state index in [0.29, 0.717) is 10.6 Å². The van der Waals surface area contributed by atoms with Crippen LogP contribution >= 0.6 is 11.3 Å². The molecule has 0 aliphatic heterocycles. The van der Waals surface area contributed by atoms with Crippen LogP contribution in [0, 0.1) is 6.92 Å². The topological polar surface area (TPSA) is 58.6 Å². The minimum absolute atomic E-state index is 0.201. The van der Waals surface area contributed by atoms with Gasteiger partial charge >= 0.3 is 6.36 Å². The molecule has 0 saturated heterocycles. The predicted molar refractivity (Wildman–Crippen MR) is 105 cm³/mol. The number of thiophene rings is 1. The molecule has 9 heteroatoms. The van der Waals surface area contributed by atoms with Gasteiger partial charge in [0, 0.05) is 17.4 Å². The summed E-state index contributed by atoms with van der Waals surface area (Å²) in [6, 6.07) is 12.4. The van der Waals surface area contributed by atoms with E-state index >= 15 is 0 Å². The lowest BCUT2D eigenvalue weighted by molar-refractivity contribution is -0.274. The Hall–Kier alpha value is -3.07. The van der Waals surface area contributed by atoms with Crippen molar-refractivity contribution < 1.29 is 27.5 Å². The molecule has 0 aliphatic rings. The number of hydrogen-bond donors (Lipinski definition) is 1. The van der Waals surface area contributed by atoms with Crippen molar-refractivity contribution in [3.63, 3.8) is 0 Å². The maximum Gasteiger partial charge on any atom is 0.573 e. The Morgan fingerprint density at radius 2 is 1.76 bits per heavy atom. The third kappa shape index (κ3) is 5.05. The molecule has 1 N–H and O–H groups in total. The van der Waals surface area contributed by atoms with Crippen molar-refractivity contribution in [2.24, 2.45) is 0 Å². The Morgan fingerprint density at radius 3 is 2.38 bits per heavy atom. The molecule has 0 atom stereocenters. The van der Waals surface area contributed by atoms with Crippen molar-refractivity contribution in [2.75, 3.05) is 18.9 Å². The highest BCUT2D eigenvalue weighted by atomic mass is 32.1. The van der Waals surface area contributed by atoms with E-state index in [0.717, 1.165) is 27.8 Å². The van der Waals surface area contributed by atoms with Gasteiger partial charge in [-0.15, -0.1) is 24.5 Å². The number of amides is 2. The molecule has 0 bridgehead atoms. The first-order chi connectivity index (χ1) is 13.6. The summed E-state index contributed by atoms with van der Waals surface area (Å²) in [5.41, 5.74) is 1.16. The molecular weight excluding hydrogens is 405 g/mol. The molecule has 0 spiro atoms. The molecule has 152 valence electrons. The Morgan fingerprint density at radius 1 is 1.10 bits per heavy atom. The highest BCUT2D eigenvalue weighted by Crippen LogP contribution is 2.31. The highest BCUT2D eigenvalue weighted by molar-refractivity contribution is 7.21. The number of halogens is 3. The second kappa shape index (κ2) is 8.12. The smallest absolute Gasteiger partial charge is 0.406 e. The molecule has 1 heterocycles. The first kappa shape index (κ1) is 20.7. The monoisotopic (exact) mass is 422 g/mol. The first-order valence-corrected chi connectivity index (χ1v) is 9.35. The predicted octanol–water partition coefficient (Wildman–Crippen LogP) is 4.82. The van der Waals surface area contributed by atoms with Gasteiger partial charge in [0.15, 0.2) is 0 Å². The number of ether oxygens (including phenoxy) is 1. The van der Waals surface area contributed by atoms with Crippen LogP contribution in [0.25, 0.3) is 10.1 Å². The van der Waals surface area contributed by atoms with Crippen LogP contribution in [0.2, 0.25) is 0 Å².